The van der Waals surface area contributed by atoms with E-state index in [1.54, 1.807) is 30.6 Å². The number of hydrogen-bond acceptors (Lipinski definition) is 6. The third-order valence-electron chi connectivity index (χ3n) is 3.16. The Balaban J connectivity index is 1.80. The Morgan fingerprint density at radius 1 is 1.23 bits per heavy atom. The molecule has 0 amide bonds. The SMILES string of the molecule is COc1ccc(C=NNc2nncc3ccccc23)cc1O. The van der Waals surface area contributed by atoms with Crippen molar-refractivity contribution >= 4 is 22.8 Å². The number of ether oxygens (including phenoxy) is 1. The average molecular weight is 294 g/mol. The summed E-state index contributed by atoms with van der Waals surface area (Å²) in [6.07, 6.45) is 3.29. The number of benzene rings is 2. The fraction of sp³-hybridized carbons (Fsp3) is 0.0625. The van der Waals surface area contributed by atoms with Crippen LogP contribution in [0.3, 0.4) is 0 Å². The second-order valence-corrected chi connectivity index (χ2v) is 4.58. The number of hydrogen-bond donors (Lipinski definition) is 2. The van der Waals surface area contributed by atoms with E-state index in [-0.39, 0.29) is 5.75 Å². The standard InChI is InChI=1S/C16H14N4O2/c1-22-15-7-6-11(8-14(15)21)9-17-19-16-13-5-3-2-4-12(13)10-18-20-16/h2-10,21H,1H3,(H,19,20). The molecule has 2 N–H and O–H groups in total. The highest BCUT2D eigenvalue weighted by atomic mass is 16.5. The molecule has 3 rings (SSSR count). The van der Waals surface area contributed by atoms with Crippen molar-refractivity contribution in [2.45, 2.75) is 0 Å². The van der Waals surface area contributed by atoms with Crippen LogP contribution < -0.4 is 10.2 Å². The van der Waals surface area contributed by atoms with Crippen LogP contribution in [0.2, 0.25) is 0 Å². The zero-order valence-electron chi connectivity index (χ0n) is 11.9. The maximum atomic E-state index is 9.72. The van der Waals surface area contributed by atoms with E-state index in [2.05, 4.69) is 20.7 Å². The van der Waals surface area contributed by atoms with Crippen LogP contribution in [-0.2, 0) is 0 Å². The molecule has 2 aromatic carbocycles. The van der Waals surface area contributed by atoms with E-state index in [4.69, 9.17) is 4.74 Å². The minimum Gasteiger partial charge on any atom is -0.504 e. The minimum atomic E-state index is 0.0661. The fourth-order valence-corrected chi connectivity index (χ4v) is 2.07. The fourth-order valence-electron chi connectivity index (χ4n) is 2.07. The minimum absolute atomic E-state index is 0.0661. The molecule has 3 aromatic rings. The smallest absolute Gasteiger partial charge is 0.176 e. The van der Waals surface area contributed by atoms with Crippen molar-refractivity contribution in [3.05, 3.63) is 54.2 Å². The van der Waals surface area contributed by atoms with Gasteiger partial charge in [0.25, 0.3) is 0 Å². The van der Waals surface area contributed by atoms with E-state index in [0.717, 1.165) is 16.3 Å². The summed E-state index contributed by atoms with van der Waals surface area (Å²) in [6, 6.07) is 12.8. The highest BCUT2D eigenvalue weighted by molar-refractivity contribution is 5.91. The van der Waals surface area contributed by atoms with E-state index in [9.17, 15) is 5.11 Å². The van der Waals surface area contributed by atoms with E-state index >= 15 is 0 Å². The van der Waals surface area contributed by atoms with Crippen LogP contribution in [-0.4, -0.2) is 28.6 Å². The van der Waals surface area contributed by atoms with Gasteiger partial charge in [-0.05, 0) is 23.8 Å². The molecule has 0 aliphatic rings. The summed E-state index contributed by atoms with van der Waals surface area (Å²) in [5.74, 6) is 1.06. The first kappa shape index (κ1) is 13.8. The number of fused-ring (bicyclic) bond motifs is 1. The lowest BCUT2D eigenvalue weighted by molar-refractivity contribution is 0.373. The quantitative estimate of drug-likeness (QED) is 0.571. The lowest BCUT2D eigenvalue weighted by Gasteiger charge is -2.04. The molecule has 0 fully saturated rings. The molecule has 0 radical (unpaired) electrons. The highest BCUT2D eigenvalue weighted by Gasteiger charge is 2.02. The molecule has 6 heteroatoms. The molecular formula is C16H14N4O2. The van der Waals surface area contributed by atoms with Gasteiger partial charge in [-0.2, -0.15) is 10.2 Å². The van der Waals surface area contributed by atoms with Crippen LogP contribution >= 0.6 is 0 Å². The molecule has 0 saturated heterocycles. The summed E-state index contributed by atoms with van der Waals surface area (Å²) in [7, 11) is 1.50. The number of aromatic hydroxyl groups is 1. The van der Waals surface area contributed by atoms with Crippen molar-refractivity contribution in [3.8, 4) is 11.5 Å². The molecule has 0 aliphatic heterocycles. The molecule has 6 nitrogen and oxygen atoms in total. The van der Waals surface area contributed by atoms with E-state index in [1.165, 1.54) is 7.11 Å². The van der Waals surface area contributed by atoms with Gasteiger partial charge >= 0.3 is 0 Å². The van der Waals surface area contributed by atoms with Crippen molar-refractivity contribution in [3.63, 3.8) is 0 Å². The Morgan fingerprint density at radius 3 is 2.91 bits per heavy atom. The molecule has 0 spiro atoms. The first-order chi connectivity index (χ1) is 10.8. The van der Waals surface area contributed by atoms with E-state index in [1.807, 2.05) is 24.3 Å². The number of anilines is 1. The molecule has 110 valence electrons. The van der Waals surface area contributed by atoms with Crippen LogP contribution in [0.25, 0.3) is 10.8 Å². The molecule has 1 aromatic heterocycles. The van der Waals surface area contributed by atoms with Crippen LogP contribution in [0.1, 0.15) is 5.56 Å². The lowest BCUT2D eigenvalue weighted by Crippen LogP contribution is -1.96. The molecule has 0 atom stereocenters. The number of aromatic nitrogens is 2. The first-order valence-corrected chi connectivity index (χ1v) is 6.64. The van der Waals surface area contributed by atoms with Gasteiger partial charge in [0.05, 0.1) is 19.5 Å². The summed E-state index contributed by atoms with van der Waals surface area (Å²) in [5.41, 5.74) is 3.60. The normalized spacial score (nSPS) is 11.0. The van der Waals surface area contributed by atoms with Crippen LogP contribution in [0, 0.1) is 0 Å². The van der Waals surface area contributed by atoms with Gasteiger partial charge in [0.15, 0.2) is 17.3 Å². The summed E-state index contributed by atoms with van der Waals surface area (Å²) >= 11 is 0. The number of phenolic OH excluding ortho intramolecular Hbond substituents is 1. The maximum absolute atomic E-state index is 9.72. The van der Waals surface area contributed by atoms with E-state index < -0.39 is 0 Å². The number of nitrogens with one attached hydrogen (secondary N) is 1. The average Bonchev–Trinajstić information content (AvgIpc) is 2.55. The zero-order chi connectivity index (χ0) is 15.4. The van der Waals surface area contributed by atoms with Gasteiger partial charge in [0.1, 0.15) is 0 Å². The Kier molecular flexibility index (Phi) is 3.82. The molecule has 22 heavy (non-hydrogen) atoms. The van der Waals surface area contributed by atoms with Gasteiger partial charge in [0.2, 0.25) is 0 Å². The number of nitrogens with zero attached hydrogens (tertiary/aromatic N) is 3. The molecule has 0 unspecified atom stereocenters. The molecular weight excluding hydrogens is 280 g/mol. The van der Waals surface area contributed by atoms with Gasteiger partial charge in [-0.3, -0.25) is 5.43 Å². The van der Waals surface area contributed by atoms with Gasteiger partial charge in [-0.15, -0.1) is 5.10 Å². The Hall–Kier alpha value is -3.15. The second-order valence-electron chi connectivity index (χ2n) is 4.58. The van der Waals surface area contributed by atoms with Gasteiger partial charge in [-0.25, -0.2) is 0 Å². The van der Waals surface area contributed by atoms with Crippen molar-refractivity contribution < 1.29 is 9.84 Å². The summed E-state index contributed by atoms with van der Waals surface area (Å²) in [6.45, 7) is 0. The third kappa shape index (κ3) is 2.80. The number of hydrazone groups is 1. The predicted molar refractivity (Wildman–Crippen MR) is 85.4 cm³/mol. The Labute approximate surface area is 127 Å². The van der Waals surface area contributed by atoms with Gasteiger partial charge in [-0.1, -0.05) is 24.3 Å². The van der Waals surface area contributed by atoms with Crippen LogP contribution in [0.4, 0.5) is 5.82 Å². The predicted octanol–water partition coefficient (Wildman–Crippen LogP) is 2.79. The topological polar surface area (TPSA) is 79.6 Å². The summed E-state index contributed by atoms with van der Waals surface area (Å²) in [4.78, 5) is 0. The maximum Gasteiger partial charge on any atom is 0.176 e. The lowest BCUT2D eigenvalue weighted by atomic mass is 10.2. The van der Waals surface area contributed by atoms with Crippen molar-refractivity contribution in [1.29, 1.82) is 0 Å². The van der Waals surface area contributed by atoms with E-state index in [0.29, 0.717) is 11.6 Å². The number of phenols is 1. The largest absolute Gasteiger partial charge is 0.504 e. The highest BCUT2D eigenvalue weighted by Crippen LogP contribution is 2.25. The Bertz CT molecular complexity index is 828. The third-order valence-corrected chi connectivity index (χ3v) is 3.16. The molecule has 0 aliphatic carbocycles. The first-order valence-electron chi connectivity index (χ1n) is 6.64. The zero-order valence-corrected chi connectivity index (χ0v) is 11.9. The van der Waals surface area contributed by atoms with Crippen molar-refractivity contribution in [2.24, 2.45) is 5.10 Å². The van der Waals surface area contributed by atoms with Crippen molar-refractivity contribution in [1.82, 2.24) is 10.2 Å². The van der Waals surface area contributed by atoms with Gasteiger partial charge < -0.3 is 9.84 Å². The Morgan fingerprint density at radius 2 is 2.09 bits per heavy atom. The number of methoxy groups -OCH3 is 1. The number of rotatable bonds is 4. The second kappa shape index (κ2) is 6.09. The van der Waals surface area contributed by atoms with Crippen LogP contribution in [0.15, 0.2) is 53.8 Å². The van der Waals surface area contributed by atoms with Gasteiger partial charge in [0, 0.05) is 10.8 Å². The summed E-state index contributed by atoms with van der Waals surface area (Å²) < 4.78 is 4.99. The summed E-state index contributed by atoms with van der Waals surface area (Å²) in [5, 5.41) is 23.7. The molecule has 0 saturated carbocycles. The van der Waals surface area contributed by atoms with Crippen molar-refractivity contribution in [2.75, 3.05) is 12.5 Å². The monoisotopic (exact) mass is 294 g/mol. The molecule has 0 bridgehead atoms. The van der Waals surface area contributed by atoms with Crippen LogP contribution in [0.5, 0.6) is 11.5 Å². The molecule has 1 heterocycles.